The summed E-state index contributed by atoms with van der Waals surface area (Å²) >= 11 is 7.23. The minimum Gasteiger partial charge on any atom is -0.481 e. The zero-order chi connectivity index (χ0) is 33.5. The summed E-state index contributed by atoms with van der Waals surface area (Å²) in [6.07, 6.45) is 4.14. The van der Waals surface area contributed by atoms with E-state index in [4.69, 9.17) is 21.0 Å². The Labute approximate surface area is 286 Å². The van der Waals surface area contributed by atoms with Gasteiger partial charge in [-0.05, 0) is 92.6 Å². The smallest absolute Gasteiger partial charge is 0.307 e. The lowest BCUT2D eigenvalue weighted by atomic mass is 9.85. The molecule has 1 aliphatic carbocycles. The topological polar surface area (TPSA) is 117 Å². The fourth-order valence-corrected chi connectivity index (χ4v) is 8.42. The van der Waals surface area contributed by atoms with E-state index >= 15 is 0 Å². The molecule has 2 N–H and O–H groups in total. The summed E-state index contributed by atoms with van der Waals surface area (Å²) in [6.45, 7) is 8.66. The molecule has 0 spiro atoms. The third-order valence-corrected chi connectivity index (χ3v) is 11.0. The Hall–Kier alpha value is -3.94. The van der Waals surface area contributed by atoms with Crippen LogP contribution in [0.4, 0.5) is 5.69 Å². The first-order valence-corrected chi connectivity index (χ1v) is 17.5. The highest BCUT2D eigenvalue weighted by Crippen LogP contribution is 2.46. The van der Waals surface area contributed by atoms with Gasteiger partial charge in [0.1, 0.15) is 11.6 Å². The first-order valence-electron chi connectivity index (χ1n) is 17.1. The maximum atomic E-state index is 11.5. The van der Waals surface area contributed by atoms with Crippen LogP contribution in [0.25, 0.3) is 33.7 Å². The van der Waals surface area contributed by atoms with E-state index in [-0.39, 0.29) is 12.0 Å². The van der Waals surface area contributed by atoms with Gasteiger partial charge in [-0.25, -0.2) is 4.98 Å². The van der Waals surface area contributed by atoms with Crippen molar-refractivity contribution in [2.75, 3.05) is 37.6 Å². The average Bonchev–Trinajstić information content (AvgIpc) is 3.73. The van der Waals surface area contributed by atoms with Crippen molar-refractivity contribution in [2.24, 2.45) is 5.92 Å². The van der Waals surface area contributed by atoms with Crippen molar-refractivity contribution >= 4 is 34.4 Å². The molecule has 1 atom stereocenters. The summed E-state index contributed by atoms with van der Waals surface area (Å²) in [7, 11) is 0. The number of aliphatic carboxylic acids is 1. The standard InChI is InChI=1S/C38H42ClN5O4/c1-3-44(29-17-30(45)18-29)28-10-13-43(14-11-28)35-32(39)19-31(25-7-5-4-6-8-25)23(2)34(35)37-41-33-16-24(15-27(20-40)36(33)48-37)21-42-12-9-26(22-42)38(46)47/h4-8,15-16,19,26,28-30,45H,3,9-14,17-18,21-22H2,1-2H3,(H,46,47)/t26-,29?,30?/m1/s1. The number of likely N-dealkylation sites (tertiary alicyclic amines) is 1. The van der Waals surface area contributed by atoms with Crippen LogP contribution in [0, 0.1) is 24.2 Å². The molecule has 0 radical (unpaired) electrons. The maximum Gasteiger partial charge on any atom is 0.307 e. The molecular weight excluding hydrogens is 626 g/mol. The molecule has 1 saturated carbocycles. The van der Waals surface area contributed by atoms with Crippen molar-refractivity contribution in [2.45, 2.75) is 70.7 Å². The highest BCUT2D eigenvalue weighted by atomic mass is 35.5. The number of benzene rings is 3. The second-order valence-corrected chi connectivity index (χ2v) is 14.0. The number of carbonyl (C=O) groups is 1. The van der Waals surface area contributed by atoms with E-state index < -0.39 is 5.97 Å². The van der Waals surface area contributed by atoms with Gasteiger partial charge in [0, 0.05) is 38.3 Å². The summed E-state index contributed by atoms with van der Waals surface area (Å²) in [5.41, 5.74) is 7.12. The largest absolute Gasteiger partial charge is 0.481 e. The number of aliphatic hydroxyl groups excluding tert-OH is 1. The van der Waals surface area contributed by atoms with Gasteiger partial charge in [0.25, 0.3) is 0 Å². The van der Waals surface area contributed by atoms with E-state index in [0.29, 0.717) is 65.7 Å². The van der Waals surface area contributed by atoms with Crippen molar-refractivity contribution in [1.29, 1.82) is 5.26 Å². The highest BCUT2D eigenvalue weighted by Gasteiger charge is 2.37. The Balaban J connectivity index is 1.26. The van der Waals surface area contributed by atoms with E-state index in [0.717, 1.165) is 78.8 Å². The number of nitrogens with zero attached hydrogens (tertiary/aromatic N) is 5. The summed E-state index contributed by atoms with van der Waals surface area (Å²) in [5, 5.41) is 30.2. The second-order valence-electron chi connectivity index (χ2n) is 13.6. The predicted octanol–water partition coefficient (Wildman–Crippen LogP) is 6.72. The zero-order valence-corrected chi connectivity index (χ0v) is 28.3. The SMILES string of the molecule is CCN(C1CCN(c2c(Cl)cc(-c3ccccc3)c(C)c2-c2nc3cc(CN4CC[C@@H](C(=O)O)C4)cc(C#N)c3o2)CC1)C1CC(O)C1. The van der Waals surface area contributed by atoms with Crippen molar-refractivity contribution in [3.05, 3.63) is 70.2 Å². The van der Waals surface area contributed by atoms with Crippen LogP contribution in [0.1, 0.15) is 55.7 Å². The normalized spacial score (nSPS) is 21.9. The summed E-state index contributed by atoms with van der Waals surface area (Å²) in [4.78, 5) is 23.6. The molecule has 3 fully saturated rings. The molecule has 2 aliphatic heterocycles. The third-order valence-electron chi connectivity index (χ3n) is 10.7. The van der Waals surface area contributed by atoms with Crippen LogP contribution in [0.2, 0.25) is 5.02 Å². The third kappa shape index (κ3) is 6.19. The second kappa shape index (κ2) is 13.5. The van der Waals surface area contributed by atoms with Crippen LogP contribution in [0.5, 0.6) is 0 Å². The number of aliphatic hydroxyl groups is 1. The minimum atomic E-state index is -0.764. The predicted molar refractivity (Wildman–Crippen MR) is 187 cm³/mol. The first kappa shape index (κ1) is 32.6. The van der Waals surface area contributed by atoms with Gasteiger partial charge in [0.2, 0.25) is 5.89 Å². The number of aromatic nitrogens is 1. The molecule has 2 saturated heterocycles. The number of rotatable bonds is 9. The van der Waals surface area contributed by atoms with Crippen LogP contribution in [-0.2, 0) is 11.3 Å². The van der Waals surface area contributed by atoms with E-state index in [1.54, 1.807) is 0 Å². The molecule has 3 heterocycles. The lowest BCUT2D eigenvalue weighted by Crippen LogP contribution is -2.54. The summed E-state index contributed by atoms with van der Waals surface area (Å²) < 4.78 is 6.51. The van der Waals surface area contributed by atoms with Crippen molar-refractivity contribution in [3.63, 3.8) is 0 Å². The molecule has 0 amide bonds. The van der Waals surface area contributed by atoms with Crippen LogP contribution in [0.3, 0.4) is 0 Å². The summed E-state index contributed by atoms with van der Waals surface area (Å²) in [6, 6.07) is 19.2. The van der Waals surface area contributed by atoms with Crippen LogP contribution in [-0.4, -0.2) is 81.9 Å². The molecule has 48 heavy (non-hydrogen) atoms. The molecular formula is C38H42ClN5O4. The summed E-state index contributed by atoms with van der Waals surface area (Å²) in [5.74, 6) is -0.703. The van der Waals surface area contributed by atoms with Crippen LogP contribution >= 0.6 is 11.6 Å². The molecule has 7 rings (SSSR count). The monoisotopic (exact) mass is 667 g/mol. The molecule has 3 aliphatic rings. The zero-order valence-electron chi connectivity index (χ0n) is 27.5. The van der Waals surface area contributed by atoms with Crippen LogP contribution < -0.4 is 4.90 Å². The van der Waals surface area contributed by atoms with Gasteiger partial charge in [-0.2, -0.15) is 5.26 Å². The number of hydrogen-bond acceptors (Lipinski definition) is 8. The van der Waals surface area contributed by atoms with Gasteiger partial charge >= 0.3 is 5.97 Å². The molecule has 250 valence electrons. The Bertz CT molecular complexity index is 1860. The van der Waals surface area contributed by atoms with Gasteiger partial charge in [0.15, 0.2) is 5.58 Å². The number of fused-ring (bicyclic) bond motifs is 1. The number of carboxylic acids is 1. The Morgan fingerprint density at radius 2 is 1.85 bits per heavy atom. The Morgan fingerprint density at radius 3 is 2.50 bits per heavy atom. The lowest BCUT2D eigenvalue weighted by Gasteiger charge is -2.47. The van der Waals surface area contributed by atoms with Gasteiger partial charge in [-0.15, -0.1) is 0 Å². The molecule has 3 aromatic carbocycles. The van der Waals surface area contributed by atoms with Gasteiger partial charge in [-0.1, -0.05) is 48.9 Å². The number of anilines is 1. The van der Waals surface area contributed by atoms with E-state index in [1.807, 2.05) is 36.4 Å². The van der Waals surface area contributed by atoms with E-state index in [9.17, 15) is 20.3 Å². The van der Waals surface area contributed by atoms with E-state index in [1.165, 1.54) is 0 Å². The molecule has 1 aromatic heterocycles. The van der Waals surface area contributed by atoms with Crippen molar-refractivity contribution in [1.82, 2.24) is 14.8 Å². The van der Waals surface area contributed by atoms with E-state index in [2.05, 4.69) is 46.7 Å². The fraction of sp³-hybridized carbons (Fsp3) is 0.447. The molecule has 4 aromatic rings. The number of halogens is 1. The van der Waals surface area contributed by atoms with Gasteiger partial charge in [0.05, 0.1) is 33.9 Å². The first-order chi connectivity index (χ1) is 23.2. The maximum absolute atomic E-state index is 11.5. The molecule has 0 unspecified atom stereocenters. The number of carboxylic acid groups (broad SMARTS) is 1. The van der Waals surface area contributed by atoms with Crippen molar-refractivity contribution < 1.29 is 19.4 Å². The van der Waals surface area contributed by atoms with Gasteiger partial charge < -0.3 is 19.5 Å². The molecule has 0 bridgehead atoms. The quantitative estimate of drug-likeness (QED) is 0.201. The molecule has 9 nitrogen and oxygen atoms in total. The lowest BCUT2D eigenvalue weighted by molar-refractivity contribution is -0.141. The van der Waals surface area contributed by atoms with Crippen molar-refractivity contribution in [3.8, 4) is 28.7 Å². The minimum absolute atomic E-state index is 0.171. The van der Waals surface area contributed by atoms with Gasteiger partial charge in [-0.3, -0.25) is 14.6 Å². The fourth-order valence-electron chi connectivity index (χ4n) is 8.10. The molecule has 10 heteroatoms. The number of hydrogen-bond donors (Lipinski definition) is 2. The number of oxazole rings is 1. The average molecular weight is 668 g/mol. The number of nitriles is 1. The Kier molecular flexibility index (Phi) is 9.18. The highest BCUT2D eigenvalue weighted by molar-refractivity contribution is 6.34. The Morgan fingerprint density at radius 1 is 1.10 bits per heavy atom. The van der Waals surface area contributed by atoms with Crippen LogP contribution in [0.15, 0.2) is 52.9 Å². The number of piperidine rings is 1.